The Kier molecular flexibility index (Phi) is 4.22. The fourth-order valence-electron chi connectivity index (χ4n) is 1.30. The minimum absolute atomic E-state index is 0.631. The molecule has 0 spiro atoms. The van der Waals surface area contributed by atoms with E-state index in [1.165, 1.54) is 5.56 Å². The Hall–Kier alpha value is -0.570. The van der Waals surface area contributed by atoms with Crippen molar-refractivity contribution in [2.45, 2.75) is 12.8 Å². The van der Waals surface area contributed by atoms with Gasteiger partial charge < -0.3 is 11.5 Å². The highest BCUT2D eigenvalue weighted by Gasteiger charge is 2.00. The van der Waals surface area contributed by atoms with Crippen molar-refractivity contribution in [1.82, 2.24) is 0 Å². The molecule has 0 amide bonds. The summed E-state index contributed by atoms with van der Waals surface area (Å²) in [6, 6.07) is 6.01. The first-order valence-corrected chi connectivity index (χ1v) is 4.83. The molecule has 3 heteroatoms. The van der Waals surface area contributed by atoms with Crippen molar-refractivity contribution in [3.05, 3.63) is 34.3 Å². The van der Waals surface area contributed by atoms with E-state index in [1.807, 2.05) is 12.1 Å². The Morgan fingerprint density at radius 2 is 1.77 bits per heavy atom. The second kappa shape index (κ2) is 5.22. The third kappa shape index (κ3) is 2.99. The minimum Gasteiger partial charge on any atom is -0.330 e. The summed E-state index contributed by atoms with van der Waals surface area (Å²) in [7, 11) is 0. The predicted octanol–water partition coefficient (Wildman–Crippen LogP) is 1.34. The molecule has 0 heterocycles. The van der Waals surface area contributed by atoms with Crippen molar-refractivity contribution in [3.8, 4) is 0 Å². The van der Waals surface area contributed by atoms with E-state index in [4.69, 9.17) is 23.1 Å². The smallest absolute Gasteiger partial charge is 0.0438 e. The Morgan fingerprint density at radius 1 is 1.08 bits per heavy atom. The topological polar surface area (TPSA) is 52.0 Å². The zero-order chi connectivity index (χ0) is 9.68. The Morgan fingerprint density at radius 3 is 2.38 bits per heavy atom. The molecule has 0 atom stereocenters. The highest BCUT2D eigenvalue weighted by Crippen LogP contribution is 2.17. The first kappa shape index (κ1) is 10.5. The summed E-state index contributed by atoms with van der Waals surface area (Å²) in [5, 5.41) is 0.797. The molecule has 0 aliphatic heterocycles. The summed E-state index contributed by atoms with van der Waals surface area (Å²) in [6.45, 7) is 1.30. The lowest BCUT2D eigenvalue weighted by Gasteiger charge is -2.05. The Bertz CT molecular complexity index is 274. The molecule has 0 saturated heterocycles. The van der Waals surface area contributed by atoms with Crippen LogP contribution in [0.15, 0.2) is 18.2 Å². The number of hydrogen-bond acceptors (Lipinski definition) is 2. The molecule has 0 radical (unpaired) electrons. The van der Waals surface area contributed by atoms with Crippen molar-refractivity contribution in [3.63, 3.8) is 0 Å². The van der Waals surface area contributed by atoms with Crippen LogP contribution in [-0.2, 0) is 12.8 Å². The second-order valence-electron chi connectivity index (χ2n) is 3.00. The first-order valence-electron chi connectivity index (χ1n) is 4.45. The van der Waals surface area contributed by atoms with Gasteiger partial charge in [0.1, 0.15) is 0 Å². The van der Waals surface area contributed by atoms with Crippen molar-refractivity contribution < 1.29 is 0 Å². The third-order valence-corrected chi connectivity index (χ3v) is 2.33. The van der Waals surface area contributed by atoms with Crippen LogP contribution in [0.5, 0.6) is 0 Å². The molecule has 0 bridgehead atoms. The Labute approximate surface area is 83.9 Å². The van der Waals surface area contributed by atoms with E-state index in [0.717, 1.165) is 23.4 Å². The van der Waals surface area contributed by atoms with Crippen LogP contribution in [0.4, 0.5) is 0 Å². The summed E-state index contributed by atoms with van der Waals surface area (Å²) in [4.78, 5) is 0. The summed E-state index contributed by atoms with van der Waals surface area (Å²) in [6.07, 6.45) is 1.73. The van der Waals surface area contributed by atoms with Gasteiger partial charge in [-0.25, -0.2) is 0 Å². The normalized spacial score (nSPS) is 10.4. The maximum absolute atomic E-state index is 5.99. The van der Waals surface area contributed by atoms with Crippen molar-refractivity contribution in [1.29, 1.82) is 0 Å². The van der Waals surface area contributed by atoms with Gasteiger partial charge in [0.05, 0.1) is 0 Å². The molecule has 0 fully saturated rings. The van der Waals surface area contributed by atoms with E-state index >= 15 is 0 Å². The number of rotatable bonds is 4. The van der Waals surface area contributed by atoms with Crippen LogP contribution >= 0.6 is 11.6 Å². The summed E-state index contributed by atoms with van der Waals surface area (Å²) in [5.74, 6) is 0. The van der Waals surface area contributed by atoms with E-state index in [0.29, 0.717) is 13.1 Å². The molecule has 1 rings (SSSR count). The zero-order valence-electron chi connectivity index (χ0n) is 7.59. The number of halogens is 1. The average molecular weight is 199 g/mol. The highest BCUT2D eigenvalue weighted by molar-refractivity contribution is 6.31. The van der Waals surface area contributed by atoms with Gasteiger partial charge in [-0.05, 0) is 43.1 Å². The van der Waals surface area contributed by atoms with E-state index in [-0.39, 0.29) is 0 Å². The van der Waals surface area contributed by atoms with Crippen molar-refractivity contribution >= 4 is 11.6 Å². The van der Waals surface area contributed by atoms with Crippen LogP contribution in [0.1, 0.15) is 11.1 Å². The summed E-state index contributed by atoms with van der Waals surface area (Å²) < 4.78 is 0. The minimum atomic E-state index is 0.631. The fraction of sp³-hybridized carbons (Fsp3) is 0.400. The van der Waals surface area contributed by atoms with Gasteiger partial charge in [0.15, 0.2) is 0 Å². The van der Waals surface area contributed by atoms with Gasteiger partial charge in [0, 0.05) is 5.02 Å². The van der Waals surface area contributed by atoms with Crippen LogP contribution in [0, 0.1) is 0 Å². The van der Waals surface area contributed by atoms with Gasteiger partial charge in [0.2, 0.25) is 0 Å². The largest absolute Gasteiger partial charge is 0.330 e. The Balaban J connectivity index is 2.83. The molecule has 1 aromatic carbocycles. The van der Waals surface area contributed by atoms with Crippen LogP contribution < -0.4 is 11.5 Å². The molecular weight excluding hydrogens is 184 g/mol. The molecule has 4 N–H and O–H groups in total. The van der Waals surface area contributed by atoms with E-state index < -0.39 is 0 Å². The van der Waals surface area contributed by atoms with Gasteiger partial charge in [-0.1, -0.05) is 23.7 Å². The SMILES string of the molecule is NCCc1ccc(Cl)c(CCN)c1. The molecule has 0 aliphatic carbocycles. The number of benzene rings is 1. The van der Waals surface area contributed by atoms with E-state index in [1.54, 1.807) is 0 Å². The molecule has 2 nitrogen and oxygen atoms in total. The molecule has 0 aliphatic rings. The molecular formula is C10H15ClN2. The molecule has 0 saturated carbocycles. The maximum Gasteiger partial charge on any atom is 0.0438 e. The van der Waals surface area contributed by atoms with Gasteiger partial charge in [-0.2, -0.15) is 0 Å². The van der Waals surface area contributed by atoms with Gasteiger partial charge in [-0.3, -0.25) is 0 Å². The van der Waals surface area contributed by atoms with Crippen LogP contribution in [-0.4, -0.2) is 13.1 Å². The highest BCUT2D eigenvalue weighted by atomic mass is 35.5. The quantitative estimate of drug-likeness (QED) is 0.768. The molecule has 0 aromatic heterocycles. The molecule has 13 heavy (non-hydrogen) atoms. The molecule has 1 aromatic rings. The fourth-order valence-corrected chi connectivity index (χ4v) is 1.51. The average Bonchev–Trinajstić information content (AvgIpc) is 2.12. The van der Waals surface area contributed by atoms with E-state index in [9.17, 15) is 0 Å². The van der Waals surface area contributed by atoms with Gasteiger partial charge in [0.25, 0.3) is 0 Å². The number of nitrogens with two attached hydrogens (primary N) is 2. The summed E-state index contributed by atoms with van der Waals surface area (Å²) in [5.41, 5.74) is 13.3. The van der Waals surface area contributed by atoms with Crippen LogP contribution in [0.2, 0.25) is 5.02 Å². The lowest BCUT2D eigenvalue weighted by atomic mass is 10.1. The standard InChI is InChI=1S/C10H15ClN2/c11-10-2-1-8(3-5-12)7-9(10)4-6-13/h1-2,7H,3-6,12-13H2. The molecule has 0 unspecified atom stereocenters. The van der Waals surface area contributed by atoms with Crippen molar-refractivity contribution in [2.75, 3.05) is 13.1 Å². The van der Waals surface area contributed by atoms with Crippen LogP contribution in [0.3, 0.4) is 0 Å². The maximum atomic E-state index is 5.99. The third-order valence-electron chi connectivity index (χ3n) is 1.96. The predicted molar refractivity (Wildman–Crippen MR) is 57.0 cm³/mol. The monoisotopic (exact) mass is 198 g/mol. The lowest BCUT2D eigenvalue weighted by Crippen LogP contribution is -2.06. The molecule has 72 valence electrons. The number of hydrogen-bond donors (Lipinski definition) is 2. The van der Waals surface area contributed by atoms with Crippen molar-refractivity contribution in [2.24, 2.45) is 11.5 Å². The lowest BCUT2D eigenvalue weighted by molar-refractivity contribution is 0.940. The van der Waals surface area contributed by atoms with Crippen LogP contribution in [0.25, 0.3) is 0 Å². The van der Waals surface area contributed by atoms with Gasteiger partial charge >= 0.3 is 0 Å². The van der Waals surface area contributed by atoms with E-state index in [2.05, 4.69) is 6.07 Å². The summed E-state index contributed by atoms with van der Waals surface area (Å²) >= 11 is 5.99. The first-order chi connectivity index (χ1) is 6.27. The second-order valence-corrected chi connectivity index (χ2v) is 3.41. The van der Waals surface area contributed by atoms with Gasteiger partial charge in [-0.15, -0.1) is 0 Å². The zero-order valence-corrected chi connectivity index (χ0v) is 8.35.